The summed E-state index contributed by atoms with van der Waals surface area (Å²) in [6.07, 6.45) is 3.79. The van der Waals surface area contributed by atoms with E-state index in [0.717, 1.165) is 10.8 Å². The molecular formula is C17H12ClN5O4. The number of amides is 1. The zero-order valence-corrected chi connectivity index (χ0v) is 14.3. The number of aromatic nitrogens is 3. The van der Waals surface area contributed by atoms with Gasteiger partial charge in [0, 0.05) is 17.4 Å². The summed E-state index contributed by atoms with van der Waals surface area (Å²) in [6.45, 7) is 0. The number of halogens is 1. The predicted octanol–water partition coefficient (Wildman–Crippen LogP) is 1.04. The molecule has 1 amide bonds. The van der Waals surface area contributed by atoms with Crippen LogP contribution in [0.2, 0.25) is 5.02 Å². The van der Waals surface area contributed by atoms with Crippen LogP contribution in [0.25, 0.3) is 5.69 Å². The molecule has 0 saturated carbocycles. The number of H-pyrrole nitrogens is 1. The van der Waals surface area contributed by atoms with Gasteiger partial charge in [0.25, 0.3) is 11.5 Å². The summed E-state index contributed by atoms with van der Waals surface area (Å²) in [6, 6.07) is 9.24. The van der Waals surface area contributed by atoms with E-state index in [1.54, 1.807) is 18.2 Å². The Morgan fingerprint density at radius 2 is 2.11 bits per heavy atom. The zero-order chi connectivity index (χ0) is 19.4. The standard InChI is InChI=1S/C17H12ClN5O4/c18-11-4-1-5-12(7-11)23-16(26)13(15(25)21-17(23)27)9-20-22-14(24)10-3-2-6-19-8-10/h1-9,26H,(H,22,24)(H,21,25,27). The monoisotopic (exact) mass is 385 g/mol. The van der Waals surface area contributed by atoms with Crippen LogP contribution in [-0.4, -0.2) is 31.8 Å². The molecule has 0 unspecified atom stereocenters. The highest BCUT2D eigenvalue weighted by Crippen LogP contribution is 2.18. The van der Waals surface area contributed by atoms with Crippen LogP contribution in [0.3, 0.4) is 0 Å². The molecule has 0 bridgehead atoms. The fraction of sp³-hybridized carbons (Fsp3) is 0. The molecule has 0 fully saturated rings. The predicted molar refractivity (Wildman–Crippen MR) is 98.6 cm³/mol. The molecule has 1 aromatic carbocycles. The maximum Gasteiger partial charge on any atom is 0.335 e. The lowest BCUT2D eigenvalue weighted by Crippen LogP contribution is -2.31. The number of carbonyl (C=O) groups excluding carboxylic acids is 1. The van der Waals surface area contributed by atoms with Crippen molar-refractivity contribution in [2.45, 2.75) is 0 Å². The third kappa shape index (κ3) is 3.93. The second-order valence-corrected chi connectivity index (χ2v) is 5.69. The number of pyridine rings is 1. The van der Waals surface area contributed by atoms with Crippen LogP contribution in [0.4, 0.5) is 0 Å². The second-order valence-electron chi connectivity index (χ2n) is 5.25. The zero-order valence-electron chi connectivity index (χ0n) is 13.6. The first kappa shape index (κ1) is 18.1. The van der Waals surface area contributed by atoms with Gasteiger partial charge in [-0.25, -0.2) is 14.8 Å². The van der Waals surface area contributed by atoms with E-state index >= 15 is 0 Å². The van der Waals surface area contributed by atoms with Crippen LogP contribution >= 0.6 is 11.6 Å². The molecule has 10 heteroatoms. The smallest absolute Gasteiger partial charge is 0.335 e. The van der Waals surface area contributed by atoms with Gasteiger partial charge in [0.05, 0.1) is 17.5 Å². The van der Waals surface area contributed by atoms with Crippen molar-refractivity contribution >= 4 is 23.7 Å². The third-order valence-electron chi connectivity index (χ3n) is 3.47. The number of hydrogen-bond acceptors (Lipinski definition) is 6. The van der Waals surface area contributed by atoms with Crippen LogP contribution in [0, 0.1) is 0 Å². The van der Waals surface area contributed by atoms with Crippen LogP contribution in [-0.2, 0) is 0 Å². The Balaban J connectivity index is 1.94. The number of hydrazone groups is 1. The van der Waals surface area contributed by atoms with E-state index in [9.17, 15) is 19.5 Å². The van der Waals surface area contributed by atoms with Gasteiger partial charge in [0.15, 0.2) is 0 Å². The molecule has 0 aliphatic heterocycles. The highest BCUT2D eigenvalue weighted by molar-refractivity contribution is 6.30. The Kier molecular flexibility index (Phi) is 5.13. The number of nitrogens with one attached hydrogen (secondary N) is 2. The van der Waals surface area contributed by atoms with E-state index < -0.39 is 23.0 Å². The van der Waals surface area contributed by atoms with Gasteiger partial charge in [-0.05, 0) is 30.3 Å². The van der Waals surface area contributed by atoms with Gasteiger partial charge in [-0.1, -0.05) is 17.7 Å². The maximum atomic E-state index is 12.1. The Morgan fingerprint density at radius 1 is 1.30 bits per heavy atom. The van der Waals surface area contributed by atoms with E-state index in [2.05, 4.69) is 20.5 Å². The first-order valence-corrected chi connectivity index (χ1v) is 7.93. The molecule has 0 atom stereocenters. The molecule has 3 aromatic rings. The number of aromatic hydroxyl groups is 1. The van der Waals surface area contributed by atoms with Gasteiger partial charge in [0.1, 0.15) is 5.56 Å². The Labute approximate surface area is 156 Å². The van der Waals surface area contributed by atoms with E-state index in [1.807, 2.05) is 0 Å². The molecule has 0 saturated heterocycles. The fourth-order valence-corrected chi connectivity index (χ4v) is 2.41. The van der Waals surface area contributed by atoms with Crippen LogP contribution < -0.4 is 16.7 Å². The number of rotatable bonds is 4. The molecule has 2 aromatic heterocycles. The van der Waals surface area contributed by atoms with E-state index in [4.69, 9.17) is 11.6 Å². The summed E-state index contributed by atoms with van der Waals surface area (Å²) in [5.74, 6) is -1.20. The van der Waals surface area contributed by atoms with Crippen LogP contribution in [0.5, 0.6) is 5.88 Å². The van der Waals surface area contributed by atoms with Crippen molar-refractivity contribution in [3.8, 4) is 11.6 Å². The fourth-order valence-electron chi connectivity index (χ4n) is 2.23. The molecule has 0 spiro atoms. The topological polar surface area (TPSA) is 129 Å². The number of benzene rings is 1. The number of hydrogen-bond donors (Lipinski definition) is 3. The first-order valence-electron chi connectivity index (χ1n) is 7.55. The lowest BCUT2D eigenvalue weighted by Gasteiger charge is -2.09. The van der Waals surface area contributed by atoms with Gasteiger partial charge in [0.2, 0.25) is 5.88 Å². The van der Waals surface area contributed by atoms with Gasteiger partial charge >= 0.3 is 5.69 Å². The van der Waals surface area contributed by atoms with Gasteiger partial charge in [-0.3, -0.25) is 19.6 Å². The maximum absolute atomic E-state index is 12.1. The summed E-state index contributed by atoms with van der Waals surface area (Å²) in [5.41, 5.74) is 0.675. The minimum Gasteiger partial charge on any atom is -0.493 e. The molecule has 3 N–H and O–H groups in total. The molecule has 2 heterocycles. The quantitative estimate of drug-likeness (QED) is 0.456. The first-order chi connectivity index (χ1) is 13.0. The number of carbonyl (C=O) groups is 1. The van der Waals surface area contributed by atoms with Gasteiger partial charge in [-0.15, -0.1) is 0 Å². The normalized spacial score (nSPS) is 10.9. The molecule has 9 nitrogen and oxygen atoms in total. The van der Waals surface area contributed by atoms with Crippen molar-refractivity contribution in [3.05, 3.63) is 85.8 Å². The Bertz CT molecular complexity index is 1140. The molecule has 27 heavy (non-hydrogen) atoms. The summed E-state index contributed by atoms with van der Waals surface area (Å²) in [5, 5.41) is 14.3. The van der Waals surface area contributed by atoms with Gasteiger partial charge < -0.3 is 5.11 Å². The Morgan fingerprint density at radius 3 is 2.81 bits per heavy atom. The highest BCUT2D eigenvalue weighted by Gasteiger charge is 2.14. The van der Waals surface area contributed by atoms with Crippen molar-refractivity contribution in [3.63, 3.8) is 0 Å². The summed E-state index contributed by atoms with van der Waals surface area (Å²) in [4.78, 5) is 41.8. The SMILES string of the molecule is O=C(NN=Cc1c(O)n(-c2cccc(Cl)c2)c(=O)[nH]c1=O)c1cccnc1. The molecule has 0 aliphatic carbocycles. The van der Waals surface area contributed by atoms with Crippen LogP contribution in [0.15, 0.2) is 63.5 Å². The second kappa shape index (κ2) is 7.67. The van der Waals surface area contributed by atoms with Crippen molar-refractivity contribution in [2.75, 3.05) is 0 Å². The molecule has 0 aliphatic rings. The lowest BCUT2D eigenvalue weighted by atomic mass is 10.3. The Hall–Kier alpha value is -3.72. The van der Waals surface area contributed by atoms with E-state index in [1.165, 1.54) is 30.6 Å². The average molecular weight is 386 g/mol. The molecule has 0 radical (unpaired) electrons. The highest BCUT2D eigenvalue weighted by atomic mass is 35.5. The number of aromatic amines is 1. The average Bonchev–Trinajstić information content (AvgIpc) is 2.65. The lowest BCUT2D eigenvalue weighted by molar-refractivity contribution is 0.0954. The number of nitrogens with zero attached hydrogens (tertiary/aromatic N) is 3. The third-order valence-corrected chi connectivity index (χ3v) is 3.71. The van der Waals surface area contributed by atoms with E-state index in [0.29, 0.717) is 5.02 Å². The van der Waals surface area contributed by atoms with E-state index in [-0.39, 0.29) is 16.8 Å². The summed E-state index contributed by atoms with van der Waals surface area (Å²) >= 11 is 5.90. The van der Waals surface area contributed by atoms with Crippen molar-refractivity contribution in [2.24, 2.45) is 5.10 Å². The van der Waals surface area contributed by atoms with Crippen molar-refractivity contribution < 1.29 is 9.90 Å². The minimum absolute atomic E-state index is 0.246. The van der Waals surface area contributed by atoms with Crippen molar-refractivity contribution in [1.82, 2.24) is 20.0 Å². The summed E-state index contributed by atoms with van der Waals surface area (Å²) < 4.78 is 0.859. The van der Waals surface area contributed by atoms with Crippen molar-refractivity contribution in [1.29, 1.82) is 0 Å². The minimum atomic E-state index is -0.866. The van der Waals surface area contributed by atoms with Gasteiger partial charge in [-0.2, -0.15) is 5.10 Å². The summed E-state index contributed by atoms with van der Waals surface area (Å²) in [7, 11) is 0. The van der Waals surface area contributed by atoms with Crippen LogP contribution in [0.1, 0.15) is 15.9 Å². The molecular weight excluding hydrogens is 374 g/mol. The largest absolute Gasteiger partial charge is 0.493 e. The molecule has 3 rings (SSSR count). The molecule has 136 valence electrons.